The normalized spacial score (nSPS) is 19.9. The molecule has 3 rings (SSSR count). The lowest BCUT2D eigenvalue weighted by atomic mass is 10.2. The predicted octanol–water partition coefficient (Wildman–Crippen LogP) is 4.65. The van der Waals surface area contributed by atoms with Crippen molar-refractivity contribution in [1.29, 1.82) is 0 Å². The summed E-state index contributed by atoms with van der Waals surface area (Å²) in [6.07, 6.45) is -0.133. The summed E-state index contributed by atoms with van der Waals surface area (Å²) in [5.74, 6) is -1.64. The standard InChI is InChI=1S/C18H20ClF2N3O2S/c1-10(13-8-25-18(2,3)26-13)22-15-7-14(19)23-17(24-15)27-9-11-5-4-6-12(20)16(11)21/h4-7,10,13H,8-9H2,1-3H3,(H,22,23,24)/t10-,13?/m1/s1. The molecule has 0 radical (unpaired) electrons. The molecule has 2 atom stereocenters. The lowest BCUT2D eigenvalue weighted by Crippen LogP contribution is -2.34. The van der Waals surface area contributed by atoms with Crippen LogP contribution in [0, 0.1) is 11.6 Å². The molecule has 1 saturated heterocycles. The Hall–Kier alpha value is -1.48. The Morgan fingerprint density at radius 1 is 1.37 bits per heavy atom. The van der Waals surface area contributed by atoms with Crippen LogP contribution in [0.15, 0.2) is 29.4 Å². The first-order valence-corrected chi connectivity index (χ1v) is 9.78. The van der Waals surface area contributed by atoms with Crippen LogP contribution in [0.4, 0.5) is 14.6 Å². The molecule has 146 valence electrons. The first-order chi connectivity index (χ1) is 12.7. The van der Waals surface area contributed by atoms with E-state index in [-0.39, 0.29) is 28.6 Å². The van der Waals surface area contributed by atoms with Gasteiger partial charge in [-0.25, -0.2) is 18.7 Å². The molecule has 0 saturated carbocycles. The van der Waals surface area contributed by atoms with Crippen molar-refractivity contribution in [2.24, 2.45) is 0 Å². The molecule has 2 heterocycles. The molecule has 1 aliphatic heterocycles. The molecule has 9 heteroatoms. The van der Waals surface area contributed by atoms with E-state index in [1.165, 1.54) is 23.9 Å². The van der Waals surface area contributed by atoms with Crippen molar-refractivity contribution in [2.45, 2.75) is 49.6 Å². The average Bonchev–Trinajstić information content (AvgIpc) is 2.96. The first-order valence-electron chi connectivity index (χ1n) is 8.42. The van der Waals surface area contributed by atoms with E-state index in [1.54, 1.807) is 6.07 Å². The molecule has 2 aromatic rings. The Kier molecular flexibility index (Phi) is 6.20. The molecule has 0 bridgehead atoms. The quantitative estimate of drug-likeness (QED) is 0.421. The highest BCUT2D eigenvalue weighted by Crippen LogP contribution is 2.27. The van der Waals surface area contributed by atoms with Crippen LogP contribution < -0.4 is 5.32 Å². The van der Waals surface area contributed by atoms with Gasteiger partial charge >= 0.3 is 0 Å². The summed E-state index contributed by atoms with van der Waals surface area (Å²) >= 11 is 7.26. The third kappa shape index (κ3) is 5.28. The molecule has 5 nitrogen and oxygen atoms in total. The number of anilines is 1. The van der Waals surface area contributed by atoms with Gasteiger partial charge in [-0.2, -0.15) is 0 Å². The van der Waals surface area contributed by atoms with E-state index in [9.17, 15) is 8.78 Å². The van der Waals surface area contributed by atoms with Gasteiger partial charge in [0.25, 0.3) is 0 Å². The summed E-state index contributed by atoms with van der Waals surface area (Å²) in [6, 6.07) is 5.60. The smallest absolute Gasteiger partial charge is 0.191 e. The zero-order valence-electron chi connectivity index (χ0n) is 15.1. The maximum atomic E-state index is 13.8. The molecular formula is C18H20ClF2N3O2S. The SMILES string of the molecule is C[C@@H](Nc1cc(Cl)nc(SCc2cccc(F)c2F)n1)C1COC(C)(C)O1. The molecule has 0 spiro atoms. The van der Waals surface area contributed by atoms with Crippen molar-refractivity contribution < 1.29 is 18.3 Å². The first kappa shape index (κ1) is 20.3. The Morgan fingerprint density at radius 2 is 2.15 bits per heavy atom. The van der Waals surface area contributed by atoms with Gasteiger partial charge < -0.3 is 14.8 Å². The van der Waals surface area contributed by atoms with Crippen LogP contribution in [-0.4, -0.2) is 34.5 Å². The van der Waals surface area contributed by atoms with Crippen LogP contribution in [0.25, 0.3) is 0 Å². The maximum absolute atomic E-state index is 13.8. The van der Waals surface area contributed by atoms with E-state index < -0.39 is 17.4 Å². The average molecular weight is 416 g/mol. The lowest BCUT2D eigenvalue weighted by molar-refractivity contribution is -0.139. The molecule has 0 amide bonds. The third-order valence-corrected chi connectivity index (χ3v) is 5.12. The highest BCUT2D eigenvalue weighted by molar-refractivity contribution is 7.98. The monoisotopic (exact) mass is 415 g/mol. The molecule has 1 aliphatic rings. The van der Waals surface area contributed by atoms with Crippen LogP contribution in [0.1, 0.15) is 26.3 Å². The summed E-state index contributed by atoms with van der Waals surface area (Å²) in [4.78, 5) is 8.53. The van der Waals surface area contributed by atoms with Crippen molar-refractivity contribution >= 4 is 29.2 Å². The van der Waals surface area contributed by atoms with Gasteiger partial charge in [-0.3, -0.25) is 0 Å². The number of aromatic nitrogens is 2. The van der Waals surface area contributed by atoms with Gasteiger partial charge in [-0.05, 0) is 26.8 Å². The summed E-state index contributed by atoms with van der Waals surface area (Å²) in [6.45, 7) is 6.16. The number of benzene rings is 1. The van der Waals surface area contributed by atoms with Gasteiger partial charge in [-0.1, -0.05) is 35.5 Å². The largest absolute Gasteiger partial charge is 0.365 e. The minimum absolute atomic E-state index is 0.0729. The Labute approximate surface area is 165 Å². The maximum Gasteiger partial charge on any atom is 0.191 e. The van der Waals surface area contributed by atoms with Crippen LogP contribution in [0.3, 0.4) is 0 Å². The minimum Gasteiger partial charge on any atom is -0.365 e. The van der Waals surface area contributed by atoms with Crippen molar-refractivity contribution in [1.82, 2.24) is 9.97 Å². The molecule has 27 heavy (non-hydrogen) atoms. The highest BCUT2D eigenvalue weighted by atomic mass is 35.5. The lowest BCUT2D eigenvalue weighted by Gasteiger charge is -2.22. The third-order valence-electron chi connectivity index (χ3n) is 4.03. The fourth-order valence-corrected chi connectivity index (χ4v) is 3.69. The molecule has 1 aromatic heterocycles. The number of halogens is 3. The summed E-state index contributed by atoms with van der Waals surface area (Å²) in [5, 5.41) is 3.85. The topological polar surface area (TPSA) is 56.3 Å². The van der Waals surface area contributed by atoms with Gasteiger partial charge in [0, 0.05) is 17.4 Å². The van der Waals surface area contributed by atoms with Gasteiger partial charge in [0.05, 0.1) is 12.6 Å². The minimum atomic E-state index is -0.877. The van der Waals surface area contributed by atoms with Crippen molar-refractivity contribution in [3.8, 4) is 0 Å². The fraction of sp³-hybridized carbons (Fsp3) is 0.444. The second kappa shape index (κ2) is 8.26. The molecule has 1 N–H and O–H groups in total. The van der Waals surface area contributed by atoms with E-state index in [4.69, 9.17) is 21.1 Å². The molecule has 0 aliphatic carbocycles. The number of nitrogens with one attached hydrogen (secondary N) is 1. The van der Waals surface area contributed by atoms with Gasteiger partial charge in [0.1, 0.15) is 17.1 Å². The number of thioether (sulfide) groups is 1. The van der Waals surface area contributed by atoms with Crippen molar-refractivity contribution in [2.75, 3.05) is 11.9 Å². The van der Waals surface area contributed by atoms with E-state index >= 15 is 0 Å². The van der Waals surface area contributed by atoms with Crippen LogP contribution >= 0.6 is 23.4 Å². The zero-order valence-corrected chi connectivity index (χ0v) is 16.7. The molecule has 1 unspecified atom stereocenters. The van der Waals surface area contributed by atoms with Gasteiger partial charge in [0.15, 0.2) is 22.6 Å². The molecule has 1 aromatic carbocycles. The Bertz CT molecular complexity index is 825. The van der Waals surface area contributed by atoms with Crippen LogP contribution in [0.2, 0.25) is 5.15 Å². The number of hydrogen-bond acceptors (Lipinski definition) is 6. The van der Waals surface area contributed by atoms with E-state index in [2.05, 4.69) is 15.3 Å². The number of rotatable bonds is 6. The second-order valence-corrected chi connectivity index (χ2v) is 7.99. The van der Waals surface area contributed by atoms with E-state index in [1.807, 2.05) is 20.8 Å². The molecule has 1 fully saturated rings. The Morgan fingerprint density at radius 3 is 2.85 bits per heavy atom. The van der Waals surface area contributed by atoms with Crippen LogP contribution in [-0.2, 0) is 15.2 Å². The summed E-state index contributed by atoms with van der Waals surface area (Å²) in [5.41, 5.74) is 0.241. The zero-order chi connectivity index (χ0) is 19.6. The van der Waals surface area contributed by atoms with E-state index in [0.717, 1.165) is 6.07 Å². The summed E-state index contributed by atoms with van der Waals surface area (Å²) < 4.78 is 38.5. The van der Waals surface area contributed by atoms with Crippen LogP contribution in [0.5, 0.6) is 0 Å². The second-order valence-electron chi connectivity index (χ2n) is 6.66. The van der Waals surface area contributed by atoms with Gasteiger partial charge in [-0.15, -0.1) is 0 Å². The fourth-order valence-electron chi connectivity index (χ4n) is 2.63. The van der Waals surface area contributed by atoms with E-state index in [0.29, 0.717) is 17.6 Å². The molecular weight excluding hydrogens is 396 g/mol. The highest BCUT2D eigenvalue weighted by Gasteiger charge is 2.35. The van der Waals surface area contributed by atoms with Crippen molar-refractivity contribution in [3.05, 3.63) is 46.6 Å². The number of hydrogen-bond donors (Lipinski definition) is 1. The van der Waals surface area contributed by atoms with Crippen molar-refractivity contribution in [3.63, 3.8) is 0 Å². The van der Waals surface area contributed by atoms with Gasteiger partial charge in [0.2, 0.25) is 0 Å². The number of ether oxygens (including phenoxy) is 2. The number of nitrogens with zero attached hydrogens (tertiary/aromatic N) is 2. The summed E-state index contributed by atoms with van der Waals surface area (Å²) in [7, 11) is 0. The predicted molar refractivity (Wildman–Crippen MR) is 101 cm³/mol. The Balaban J connectivity index is 1.66.